The molecule has 1 aliphatic rings. The summed E-state index contributed by atoms with van der Waals surface area (Å²) < 4.78 is 14.4. The second-order valence-electron chi connectivity index (χ2n) is 7.25. The third kappa shape index (κ3) is 3.67. The Kier molecular flexibility index (Phi) is 5.19. The van der Waals surface area contributed by atoms with Gasteiger partial charge in [-0.15, -0.1) is 0 Å². The predicted molar refractivity (Wildman–Crippen MR) is 76.1 cm³/mol. The first-order valence-electron chi connectivity index (χ1n) is 7.26. The third-order valence-corrected chi connectivity index (χ3v) is 4.63. The monoisotopic (exact) mass is 258 g/mol. The van der Waals surface area contributed by atoms with Gasteiger partial charge in [-0.25, -0.2) is 14.4 Å². The van der Waals surface area contributed by atoms with Crippen molar-refractivity contribution in [1.29, 1.82) is 0 Å². The van der Waals surface area contributed by atoms with E-state index in [-0.39, 0.29) is 11.3 Å². The summed E-state index contributed by atoms with van der Waals surface area (Å²) in [6.45, 7) is 14.6. The average molecular weight is 258 g/mol. The van der Waals surface area contributed by atoms with Crippen LogP contribution in [0.25, 0.3) is 0 Å². The lowest BCUT2D eigenvalue weighted by Gasteiger charge is -2.46. The van der Waals surface area contributed by atoms with Crippen LogP contribution >= 0.6 is 0 Å². The van der Waals surface area contributed by atoms with E-state index in [9.17, 15) is 4.39 Å². The number of rotatable bonds is 3. The SMILES string of the molecule is CC(C)C(C)N(C)N1CCC(C(C)(C)C)C(F)C1. The van der Waals surface area contributed by atoms with Crippen molar-refractivity contribution in [2.45, 2.75) is 60.2 Å². The van der Waals surface area contributed by atoms with Crippen LogP contribution in [0.4, 0.5) is 4.39 Å². The molecule has 3 atom stereocenters. The number of halogens is 1. The first kappa shape index (κ1) is 15.9. The molecule has 0 radical (unpaired) electrons. The van der Waals surface area contributed by atoms with Crippen LogP contribution in [-0.4, -0.2) is 42.4 Å². The molecule has 18 heavy (non-hydrogen) atoms. The molecule has 1 aliphatic heterocycles. The molecule has 0 aromatic rings. The van der Waals surface area contributed by atoms with Crippen LogP contribution < -0.4 is 0 Å². The number of hydrazine groups is 1. The van der Waals surface area contributed by atoms with Gasteiger partial charge in [0.25, 0.3) is 0 Å². The van der Waals surface area contributed by atoms with Gasteiger partial charge in [0.05, 0.1) is 0 Å². The molecule has 0 aliphatic carbocycles. The van der Waals surface area contributed by atoms with Gasteiger partial charge in [-0.2, -0.15) is 0 Å². The largest absolute Gasteiger partial charge is 0.246 e. The van der Waals surface area contributed by atoms with E-state index in [0.717, 1.165) is 13.0 Å². The number of piperidine rings is 1. The van der Waals surface area contributed by atoms with E-state index >= 15 is 0 Å². The Morgan fingerprint density at radius 3 is 2.17 bits per heavy atom. The fourth-order valence-electron chi connectivity index (χ4n) is 2.84. The molecule has 108 valence electrons. The lowest BCUT2D eigenvalue weighted by molar-refractivity contribution is -0.103. The highest BCUT2D eigenvalue weighted by atomic mass is 19.1. The summed E-state index contributed by atoms with van der Waals surface area (Å²) in [5.74, 6) is 0.782. The highest BCUT2D eigenvalue weighted by molar-refractivity contribution is 4.87. The lowest BCUT2D eigenvalue weighted by atomic mass is 9.74. The smallest absolute Gasteiger partial charge is 0.117 e. The van der Waals surface area contributed by atoms with Crippen molar-refractivity contribution in [3.8, 4) is 0 Å². The van der Waals surface area contributed by atoms with Gasteiger partial charge in [-0.1, -0.05) is 34.6 Å². The zero-order chi connectivity index (χ0) is 14.1. The summed E-state index contributed by atoms with van der Waals surface area (Å²) in [6.07, 6.45) is 0.250. The number of hydrogen-bond donors (Lipinski definition) is 0. The van der Waals surface area contributed by atoms with Crippen LogP contribution in [0.15, 0.2) is 0 Å². The number of hydrogen-bond acceptors (Lipinski definition) is 2. The van der Waals surface area contributed by atoms with Gasteiger partial charge >= 0.3 is 0 Å². The van der Waals surface area contributed by atoms with E-state index in [0.29, 0.717) is 18.5 Å². The topological polar surface area (TPSA) is 6.48 Å². The molecule has 1 fully saturated rings. The fraction of sp³-hybridized carbons (Fsp3) is 1.00. The van der Waals surface area contributed by atoms with Crippen molar-refractivity contribution in [1.82, 2.24) is 10.0 Å². The van der Waals surface area contributed by atoms with Gasteiger partial charge in [0, 0.05) is 26.2 Å². The zero-order valence-corrected chi connectivity index (χ0v) is 13.2. The van der Waals surface area contributed by atoms with Gasteiger partial charge in [-0.05, 0) is 30.6 Å². The summed E-state index contributed by atoms with van der Waals surface area (Å²) in [4.78, 5) is 0. The lowest BCUT2D eigenvalue weighted by Crippen LogP contribution is -2.55. The molecule has 0 spiro atoms. The minimum absolute atomic E-state index is 0.0771. The summed E-state index contributed by atoms with van der Waals surface area (Å²) in [5.41, 5.74) is 0.0771. The summed E-state index contributed by atoms with van der Waals surface area (Å²) in [6, 6.07) is 0.461. The second-order valence-corrected chi connectivity index (χ2v) is 7.25. The molecule has 3 unspecified atom stereocenters. The summed E-state index contributed by atoms with van der Waals surface area (Å²) >= 11 is 0. The van der Waals surface area contributed by atoms with Crippen molar-refractivity contribution in [3.63, 3.8) is 0 Å². The van der Waals surface area contributed by atoms with Gasteiger partial charge in [0.2, 0.25) is 0 Å². The molecular formula is C15H31FN2. The number of nitrogens with zero attached hydrogens (tertiary/aromatic N) is 2. The van der Waals surface area contributed by atoms with Crippen LogP contribution in [0.1, 0.15) is 48.0 Å². The molecule has 1 heterocycles. The molecule has 0 aromatic heterocycles. The van der Waals surface area contributed by atoms with E-state index in [1.807, 2.05) is 0 Å². The molecule has 1 saturated heterocycles. The van der Waals surface area contributed by atoms with Crippen LogP contribution in [0.2, 0.25) is 0 Å². The Morgan fingerprint density at radius 2 is 1.78 bits per heavy atom. The highest BCUT2D eigenvalue weighted by Gasteiger charge is 2.38. The normalized spacial score (nSPS) is 29.0. The maximum atomic E-state index is 14.4. The van der Waals surface area contributed by atoms with E-state index in [4.69, 9.17) is 0 Å². The Bertz CT molecular complexity index is 260. The Hall–Kier alpha value is -0.150. The molecule has 0 saturated carbocycles. The van der Waals surface area contributed by atoms with Gasteiger partial charge in [0.1, 0.15) is 6.17 Å². The first-order valence-corrected chi connectivity index (χ1v) is 7.26. The fourth-order valence-corrected chi connectivity index (χ4v) is 2.84. The maximum absolute atomic E-state index is 14.4. The summed E-state index contributed by atoms with van der Waals surface area (Å²) in [5, 5.41) is 4.42. The van der Waals surface area contributed by atoms with E-state index in [1.165, 1.54) is 0 Å². The maximum Gasteiger partial charge on any atom is 0.117 e. The van der Waals surface area contributed by atoms with Crippen LogP contribution in [0.3, 0.4) is 0 Å². The van der Waals surface area contributed by atoms with E-state index in [1.54, 1.807) is 0 Å². The molecule has 3 heteroatoms. The van der Waals surface area contributed by atoms with Gasteiger partial charge < -0.3 is 0 Å². The van der Waals surface area contributed by atoms with Crippen molar-refractivity contribution >= 4 is 0 Å². The molecule has 2 nitrogen and oxygen atoms in total. The molecule has 0 bridgehead atoms. The Labute approximate surface area is 112 Å². The quantitative estimate of drug-likeness (QED) is 0.763. The minimum Gasteiger partial charge on any atom is -0.246 e. The van der Waals surface area contributed by atoms with Crippen LogP contribution in [0.5, 0.6) is 0 Å². The molecule has 0 N–H and O–H groups in total. The molecule has 0 aromatic carbocycles. The average Bonchev–Trinajstić information content (AvgIpc) is 2.24. The van der Waals surface area contributed by atoms with Crippen molar-refractivity contribution < 1.29 is 4.39 Å². The number of alkyl halides is 1. The van der Waals surface area contributed by atoms with Crippen LogP contribution in [0, 0.1) is 17.3 Å². The molecular weight excluding hydrogens is 227 g/mol. The van der Waals surface area contributed by atoms with E-state index in [2.05, 4.69) is 58.6 Å². The first-order chi connectivity index (χ1) is 8.14. The Morgan fingerprint density at radius 1 is 1.22 bits per heavy atom. The zero-order valence-electron chi connectivity index (χ0n) is 13.2. The standard InChI is InChI=1S/C15H31FN2/c1-11(2)12(3)17(7)18-9-8-13(14(16)10-18)15(4,5)6/h11-14H,8-10H2,1-7H3. The van der Waals surface area contributed by atoms with E-state index < -0.39 is 6.17 Å². The van der Waals surface area contributed by atoms with Crippen molar-refractivity contribution in [3.05, 3.63) is 0 Å². The molecule has 1 rings (SSSR count). The van der Waals surface area contributed by atoms with Crippen molar-refractivity contribution in [2.75, 3.05) is 20.1 Å². The van der Waals surface area contributed by atoms with Crippen molar-refractivity contribution in [2.24, 2.45) is 17.3 Å². The summed E-state index contributed by atoms with van der Waals surface area (Å²) in [7, 11) is 2.09. The molecule has 0 amide bonds. The second kappa shape index (κ2) is 5.87. The van der Waals surface area contributed by atoms with Gasteiger partial charge in [0.15, 0.2) is 0 Å². The minimum atomic E-state index is -0.708. The predicted octanol–water partition coefficient (Wildman–Crippen LogP) is 3.58. The van der Waals surface area contributed by atoms with Crippen LogP contribution in [-0.2, 0) is 0 Å². The Balaban J connectivity index is 2.61. The van der Waals surface area contributed by atoms with Gasteiger partial charge in [-0.3, -0.25) is 0 Å². The highest BCUT2D eigenvalue weighted by Crippen LogP contribution is 2.36. The third-order valence-electron chi connectivity index (χ3n) is 4.63.